The molecule has 2 nitrogen and oxygen atoms in total. The molecule has 1 fully saturated rings. The third-order valence-electron chi connectivity index (χ3n) is 2.76. The summed E-state index contributed by atoms with van der Waals surface area (Å²) in [6.07, 6.45) is 9.91. The van der Waals surface area contributed by atoms with Crippen LogP contribution in [0.3, 0.4) is 0 Å². The second-order valence-corrected chi connectivity index (χ2v) is 3.90. The highest BCUT2D eigenvalue weighted by molar-refractivity contribution is 5.09. The van der Waals surface area contributed by atoms with E-state index in [1.807, 2.05) is 0 Å². The highest BCUT2D eigenvalue weighted by Crippen LogP contribution is 2.27. The van der Waals surface area contributed by atoms with Crippen LogP contribution >= 0.6 is 0 Å². The lowest BCUT2D eigenvalue weighted by Crippen LogP contribution is -2.40. The van der Waals surface area contributed by atoms with Crippen molar-refractivity contribution in [1.82, 2.24) is 5.32 Å². The second-order valence-electron chi connectivity index (χ2n) is 3.90. The Morgan fingerprint density at radius 1 is 1.54 bits per heavy atom. The van der Waals surface area contributed by atoms with Crippen molar-refractivity contribution in [2.75, 3.05) is 6.54 Å². The van der Waals surface area contributed by atoms with Gasteiger partial charge < -0.3 is 10.4 Å². The van der Waals surface area contributed by atoms with Crippen LogP contribution in [-0.2, 0) is 0 Å². The minimum Gasteiger partial charge on any atom is -0.378 e. The van der Waals surface area contributed by atoms with Crippen LogP contribution in [0.5, 0.6) is 0 Å². The number of hydrogen-bond acceptors (Lipinski definition) is 2. The fourth-order valence-corrected chi connectivity index (χ4v) is 1.79. The van der Waals surface area contributed by atoms with Gasteiger partial charge in [-0.2, -0.15) is 0 Å². The van der Waals surface area contributed by atoms with Gasteiger partial charge >= 0.3 is 0 Å². The Morgan fingerprint density at radius 3 is 2.62 bits per heavy atom. The van der Waals surface area contributed by atoms with Gasteiger partial charge in [0.15, 0.2) is 0 Å². The fraction of sp³-hybridized carbons (Fsp3) is 0.818. The molecule has 1 saturated carbocycles. The molecule has 1 aliphatic rings. The van der Waals surface area contributed by atoms with E-state index in [1.54, 1.807) is 0 Å². The SMILES string of the molecule is C#CC1(O)CCC(NCCC)CC1. The molecule has 0 aromatic rings. The van der Waals surface area contributed by atoms with Gasteiger partial charge in [-0.15, -0.1) is 6.42 Å². The summed E-state index contributed by atoms with van der Waals surface area (Å²) in [7, 11) is 0. The van der Waals surface area contributed by atoms with Crippen molar-refractivity contribution in [3.8, 4) is 12.3 Å². The molecule has 0 heterocycles. The van der Waals surface area contributed by atoms with Crippen molar-refractivity contribution in [3.05, 3.63) is 0 Å². The molecule has 0 spiro atoms. The molecule has 2 N–H and O–H groups in total. The second kappa shape index (κ2) is 4.64. The van der Waals surface area contributed by atoms with E-state index < -0.39 is 5.60 Å². The third-order valence-corrected chi connectivity index (χ3v) is 2.76. The summed E-state index contributed by atoms with van der Waals surface area (Å²) < 4.78 is 0. The van der Waals surface area contributed by atoms with Gasteiger partial charge in [-0.25, -0.2) is 0 Å². The quantitative estimate of drug-likeness (QED) is 0.643. The summed E-state index contributed by atoms with van der Waals surface area (Å²) in [5.74, 6) is 2.48. The van der Waals surface area contributed by atoms with Gasteiger partial charge in [-0.3, -0.25) is 0 Å². The summed E-state index contributed by atoms with van der Waals surface area (Å²) in [4.78, 5) is 0. The average molecular weight is 181 g/mol. The van der Waals surface area contributed by atoms with Crippen molar-refractivity contribution in [2.24, 2.45) is 0 Å². The normalized spacial score (nSPS) is 34.1. The van der Waals surface area contributed by atoms with Gasteiger partial charge in [0.2, 0.25) is 0 Å². The zero-order valence-electron chi connectivity index (χ0n) is 8.34. The van der Waals surface area contributed by atoms with Crippen LogP contribution in [0.2, 0.25) is 0 Å². The Hall–Kier alpha value is -0.520. The van der Waals surface area contributed by atoms with Crippen molar-refractivity contribution < 1.29 is 5.11 Å². The van der Waals surface area contributed by atoms with Crippen LogP contribution in [0.15, 0.2) is 0 Å². The first-order chi connectivity index (χ1) is 6.20. The van der Waals surface area contributed by atoms with Crippen LogP contribution in [0.25, 0.3) is 0 Å². The van der Waals surface area contributed by atoms with Crippen molar-refractivity contribution >= 4 is 0 Å². The molecule has 13 heavy (non-hydrogen) atoms. The topological polar surface area (TPSA) is 32.3 Å². The minimum absolute atomic E-state index is 0.563. The predicted octanol–water partition coefficient (Wildman–Crippen LogP) is 1.29. The van der Waals surface area contributed by atoms with Crippen LogP contribution in [0.4, 0.5) is 0 Å². The zero-order valence-corrected chi connectivity index (χ0v) is 8.34. The van der Waals surface area contributed by atoms with E-state index in [4.69, 9.17) is 6.42 Å². The van der Waals surface area contributed by atoms with Gasteiger partial charge in [0.25, 0.3) is 0 Å². The van der Waals surface area contributed by atoms with E-state index in [0.29, 0.717) is 6.04 Å². The van der Waals surface area contributed by atoms with Crippen LogP contribution in [0, 0.1) is 12.3 Å². The number of aliphatic hydroxyl groups is 1. The smallest absolute Gasteiger partial charge is 0.125 e. The van der Waals surface area contributed by atoms with Crippen molar-refractivity contribution in [3.63, 3.8) is 0 Å². The molecular weight excluding hydrogens is 162 g/mol. The van der Waals surface area contributed by atoms with Crippen molar-refractivity contribution in [1.29, 1.82) is 0 Å². The van der Waals surface area contributed by atoms with Crippen molar-refractivity contribution in [2.45, 2.75) is 50.7 Å². The molecule has 0 saturated heterocycles. The Balaban J connectivity index is 2.27. The van der Waals surface area contributed by atoms with Gasteiger partial charge in [-0.05, 0) is 38.6 Å². The Morgan fingerprint density at radius 2 is 2.15 bits per heavy atom. The maximum Gasteiger partial charge on any atom is 0.125 e. The molecule has 1 aliphatic carbocycles. The molecule has 1 rings (SSSR count). The lowest BCUT2D eigenvalue weighted by Gasteiger charge is -2.32. The van der Waals surface area contributed by atoms with Gasteiger partial charge in [0, 0.05) is 6.04 Å². The Labute approximate surface area is 80.7 Å². The zero-order chi connectivity index (χ0) is 9.73. The summed E-state index contributed by atoms with van der Waals surface area (Å²) in [6.45, 7) is 3.23. The van der Waals surface area contributed by atoms with Crippen LogP contribution in [0.1, 0.15) is 39.0 Å². The summed E-state index contributed by atoms with van der Waals surface area (Å²) in [5, 5.41) is 13.2. The minimum atomic E-state index is -0.815. The van der Waals surface area contributed by atoms with Gasteiger partial charge in [-0.1, -0.05) is 12.8 Å². The van der Waals surface area contributed by atoms with E-state index in [9.17, 15) is 5.11 Å². The molecule has 0 aliphatic heterocycles. The lowest BCUT2D eigenvalue weighted by molar-refractivity contribution is 0.0512. The molecule has 0 amide bonds. The largest absolute Gasteiger partial charge is 0.378 e. The molecule has 0 radical (unpaired) electrons. The fourth-order valence-electron chi connectivity index (χ4n) is 1.79. The number of terminal acetylenes is 1. The maximum absolute atomic E-state index is 9.76. The predicted molar refractivity (Wildman–Crippen MR) is 54.3 cm³/mol. The molecule has 0 atom stereocenters. The van der Waals surface area contributed by atoms with E-state index in [-0.39, 0.29) is 0 Å². The van der Waals surface area contributed by atoms with Crippen LogP contribution in [-0.4, -0.2) is 23.3 Å². The molecule has 74 valence electrons. The Kier molecular flexibility index (Phi) is 3.77. The molecule has 0 unspecified atom stereocenters. The molecule has 0 aromatic heterocycles. The first-order valence-corrected chi connectivity index (χ1v) is 5.14. The summed E-state index contributed by atoms with van der Waals surface area (Å²) in [5.41, 5.74) is -0.815. The molecule has 2 heteroatoms. The van der Waals surface area contributed by atoms with E-state index in [1.165, 1.54) is 0 Å². The monoisotopic (exact) mass is 181 g/mol. The van der Waals surface area contributed by atoms with E-state index in [0.717, 1.165) is 38.6 Å². The standard InChI is InChI=1S/C11H19NO/c1-3-9-12-10-5-7-11(13,4-2)8-6-10/h2,10,12-13H,3,5-9H2,1H3. The average Bonchev–Trinajstić information content (AvgIpc) is 2.17. The summed E-state index contributed by atoms with van der Waals surface area (Å²) >= 11 is 0. The number of rotatable bonds is 3. The first-order valence-electron chi connectivity index (χ1n) is 5.14. The van der Waals surface area contributed by atoms with Crippen LogP contribution < -0.4 is 5.32 Å². The highest BCUT2D eigenvalue weighted by Gasteiger charge is 2.30. The molecule has 0 bridgehead atoms. The lowest BCUT2D eigenvalue weighted by atomic mass is 9.83. The highest BCUT2D eigenvalue weighted by atomic mass is 16.3. The van der Waals surface area contributed by atoms with Gasteiger partial charge in [0.1, 0.15) is 5.60 Å². The molecular formula is C11H19NO. The summed E-state index contributed by atoms with van der Waals surface area (Å²) in [6, 6.07) is 0.563. The third kappa shape index (κ3) is 3.02. The van der Waals surface area contributed by atoms with E-state index >= 15 is 0 Å². The Bertz CT molecular complexity index is 187. The number of nitrogens with one attached hydrogen (secondary N) is 1. The first kappa shape index (κ1) is 10.6. The maximum atomic E-state index is 9.76. The number of hydrogen-bond donors (Lipinski definition) is 2. The van der Waals surface area contributed by atoms with E-state index in [2.05, 4.69) is 18.2 Å². The van der Waals surface area contributed by atoms with Gasteiger partial charge in [0.05, 0.1) is 0 Å². The molecule has 0 aromatic carbocycles.